The van der Waals surface area contributed by atoms with E-state index in [1.807, 2.05) is 61.5 Å². The van der Waals surface area contributed by atoms with E-state index >= 15 is 0 Å². The number of carbonyl (C=O) groups is 1. The summed E-state index contributed by atoms with van der Waals surface area (Å²) in [5.74, 6) is -0.275. The van der Waals surface area contributed by atoms with E-state index in [0.717, 1.165) is 27.8 Å². The molecule has 6 heteroatoms. The van der Waals surface area contributed by atoms with Gasteiger partial charge in [0.2, 0.25) is 5.56 Å². The summed E-state index contributed by atoms with van der Waals surface area (Å²) in [5, 5.41) is 0.894. The van der Waals surface area contributed by atoms with Crippen LogP contribution < -0.4 is 10.5 Å². The molecule has 4 rings (SSSR count). The Morgan fingerprint density at radius 1 is 1.00 bits per heavy atom. The quantitative estimate of drug-likeness (QED) is 0.597. The van der Waals surface area contributed by atoms with Crippen LogP contribution >= 0.6 is 0 Å². The third-order valence-corrected chi connectivity index (χ3v) is 4.48. The van der Waals surface area contributed by atoms with Gasteiger partial charge in [-0.1, -0.05) is 36.4 Å². The third kappa shape index (κ3) is 3.53. The first-order valence-corrected chi connectivity index (χ1v) is 8.88. The van der Waals surface area contributed by atoms with Crippen LogP contribution in [0.4, 0.5) is 5.69 Å². The van der Waals surface area contributed by atoms with Gasteiger partial charge in [-0.2, -0.15) is 0 Å². The number of aryl methyl sites for hydroxylation is 1. The van der Waals surface area contributed by atoms with Crippen LogP contribution in [-0.2, 0) is 6.54 Å². The molecule has 0 aliphatic heterocycles. The minimum atomic E-state index is -0.275. The second-order valence-electron chi connectivity index (χ2n) is 6.47. The fourth-order valence-corrected chi connectivity index (χ4v) is 3.11. The molecular weight excluding hydrogens is 352 g/mol. The van der Waals surface area contributed by atoms with Gasteiger partial charge in [0.15, 0.2) is 0 Å². The number of anilines is 1. The number of aromatic amines is 1. The molecule has 0 saturated heterocycles. The molecule has 2 aromatic heterocycles. The van der Waals surface area contributed by atoms with Gasteiger partial charge in [-0.15, -0.1) is 0 Å². The van der Waals surface area contributed by atoms with Crippen LogP contribution in [-0.4, -0.2) is 20.9 Å². The first kappa shape index (κ1) is 17.6. The van der Waals surface area contributed by atoms with E-state index in [0.29, 0.717) is 0 Å². The molecule has 1 amide bonds. The van der Waals surface area contributed by atoms with Crippen LogP contribution in [0.1, 0.15) is 21.7 Å². The van der Waals surface area contributed by atoms with Crippen LogP contribution in [0.25, 0.3) is 10.9 Å². The van der Waals surface area contributed by atoms with Crippen molar-refractivity contribution in [3.8, 4) is 0 Å². The molecule has 138 valence electrons. The Morgan fingerprint density at radius 3 is 2.50 bits per heavy atom. The fraction of sp³-hybridized carbons (Fsp3) is 0.0909. The summed E-state index contributed by atoms with van der Waals surface area (Å²) in [5.41, 5.74) is 3.01. The first-order chi connectivity index (χ1) is 13.6. The lowest BCUT2D eigenvalue weighted by molar-refractivity contribution is 0.0980. The molecule has 0 radical (unpaired) electrons. The van der Waals surface area contributed by atoms with Crippen molar-refractivity contribution in [2.75, 3.05) is 4.90 Å². The number of H-pyrrole nitrogens is 1. The maximum Gasteiger partial charge on any atom is 0.278 e. The van der Waals surface area contributed by atoms with Crippen molar-refractivity contribution < 1.29 is 4.79 Å². The summed E-state index contributed by atoms with van der Waals surface area (Å²) in [6.07, 6.45) is 3.04. The number of amides is 1. The average molecular weight is 370 g/mol. The maximum atomic E-state index is 13.2. The predicted molar refractivity (Wildman–Crippen MR) is 108 cm³/mol. The zero-order valence-corrected chi connectivity index (χ0v) is 15.3. The molecule has 0 fully saturated rings. The van der Waals surface area contributed by atoms with Gasteiger partial charge in [0.05, 0.1) is 18.4 Å². The Balaban J connectivity index is 1.80. The van der Waals surface area contributed by atoms with Gasteiger partial charge in [0, 0.05) is 28.9 Å². The van der Waals surface area contributed by atoms with Gasteiger partial charge in [-0.25, -0.2) is 4.98 Å². The second-order valence-corrected chi connectivity index (χ2v) is 6.47. The van der Waals surface area contributed by atoms with E-state index in [2.05, 4.69) is 15.0 Å². The number of hydrogen-bond donors (Lipinski definition) is 1. The van der Waals surface area contributed by atoms with Crippen molar-refractivity contribution >= 4 is 22.5 Å². The summed E-state index contributed by atoms with van der Waals surface area (Å²) in [6.45, 7) is 2.06. The largest absolute Gasteiger partial charge is 0.322 e. The van der Waals surface area contributed by atoms with Gasteiger partial charge in [0.1, 0.15) is 5.69 Å². The number of rotatable bonds is 4. The molecule has 28 heavy (non-hydrogen) atoms. The van der Waals surface area contributed by atoms with Gasteiger partial charge in [-0.3, -0.25) is 14.6 Å². The topological polar surface area (TPSA) is 79.0 Å². The Bertz CT molecular complexity index is 1180. The number of nitrogens with zero attached hydrogens (tertiary/aromatic N) is 3. The highest BCUT2D eigenvalue weighted by atomic mass is 16.2. The monoisotopic (exact) mass is 370 g/mol. The average Bonchev–Trinajstić information content (AvgIpc) is 2.72. The zero-order chi connectivity index (χ0) is 19.5. The standard InChI is InChI=1S/C22H18N4O2/c1-15-12-24-20(13-23-15)22(28)26(17-7-3-2-4-8-17)14-16-11-21(27)25-19-10-6-5-9-18(16)19/h2-13H,14H2,1H3,(H,25,27). The summed E-state index contributed by atoms with van der Waals surface area (Å²) < 4.78 is 0. The SMILES string of the molecule is Cc1cnc(C(=O)N(Cc2cc(=O)[nH]c3ccccc23)c2ccccc2)cn1. The minimum Gasteiger partial charge on any atom is -0.322 e. The number of fused-ring (bicyclic) bond motifs is 1. The highest BCUT2D eigenvalue weighted by Gasteiger charge is 2.21. The molecule has 0 saturated carbocycles. The number of benzene rings is 2. The van der Waals surface area contributed by atoms with E-state index in [-0.39, 0.29) is 23.7 Å². The Kier molecular flexibility index (Phi) is 4.68. The lowest BCUT2D eigenvalue weighted by atomic mass is 10.1. The van der Waals surface area contributed by atoms with Gasteiger partial charge in [0.25, 0.3) is 5.91 Å². The zero-order valence-electron chi connectivity index (χ0n) is 15.3. The van der Waals surface area contributed by atoms with E-state index in [1.165, 1.54) is 12.3 Å². The molecule has 0 spiro atoms. The van der Waals surface area contributed by atoms with Crippen molar-refractivity contribution in [2.45, 2.75) is 13.5 Å². The van der Waals surface area contributed by atoms with E-state index in [1.54, 1.807) is 11.1 Å². The number of nitrogens with one attached hydrogen (secondary N) is 1. The smallest absolute Gasteiger partial charge is 0.278 e. The summed E-state index contributed by atoms with van der Waals surface area (Å²) in [6, 6.07) is 18.4. The second kappa shape index (κ2) is 7.44. The van der Waals surface area contributed by atoms with Gasteiger partial charge >= 0.3 is 0 Å². The third-order valence-electron chi connectivity index (χ3n) is 4.48. The molecule has 2 aromatic carbocycles. The Morgan fingerprint density at radius 2 is 1.75 bits per heavy atom. The molecule has 0 aliphatic rings. The van der Waals surface area contributed by atoms with Crippen molar-refractivity contribution in [1.82, 2.24) is 15.0 Å². The molecular formula is C22H18N4O2. The summed E-state index contributed by atoms with van der Waals surface area (Å²) in [4.78, 5) is 38.2. The molecule has 1 N–H and O–H groups in total. The van der Waals surface area contributed by atoms with Crippen LogP contribution in [0.5, 0.6) is 0 Å². The molecule has 4 aromatic rings. The minimum absolute atomic E-state index is 0.204. The summed E-state index contributed by atoms with van der Waals surface area (Å²) in [7, 11) is 0. The lowest BCUT2D eigenvalue weighted by Gasteiger charge is -2.23. The van der Waals surface area contributed by atoms with E-state index in [9.17, 15) is 9.59 Å². The number of para-hydroxylation sites is 2. The normalized spacial score (nSPS) is 10.8. The number of aromatic nitrogens is 3. The van der Waals surface area contributed by atoms with Crippen LogP contribution in [0, 0.1) is 6.92 Å². The Labute approximate surface area is 161 Å². The van der Waals surface area contributed by atoms with E-state index < -0.39 is 0 Å². The first-order valence-electron chi connectivity index (χ1n) is 8.88. The van der Waals surface area contributed by atoms with Crippen molar-refractivity contribution in [1.29, 1.82) is 0 Å². The van der Waals surface area contributed by atoms with E-state index in [4.69, 9.17) is 0 Å². The van der Waals surface area contributed by atoms with Crippen LogP contribution in [0.2, 0.25) is 0 Å². The number of carbonyl (C=O) groups excluding carboxylic acids is 1. The Hall–Kier alpha value is -3.80. The maximum absolute atomic E-state index is 13.2. The van der Waals surface area contributed by atoms with Crippen molar-refractivity contribution in [2.24, 2.45) is 0 Å². The van der Waals surface area contributed by atoms with Gasteiger partial charge < -0.3 is 9.88 Å². The van der Waals surface area contributed by atoms with Crippen LogP contribution in [0.3, 0.4) is 0 Å². The highest BCUT2D eigenvalue weighted by molar-refractivity contribution is 6.04. The molecule has 6 nitrogen and oxygen atoms in total. The number of hydrogen-bond acceptors (Lipinski definition) is 4. The highest BCUT2D eigenvalue weighted by Crippen LogP contribution is 2.22. The van der Waals surface area contributed by atoms with Crippen molar-refractivity contribution in [3.05, 3.63) is 100 Å². The van der Waals surface area contributed by atoms with Crippen LogP contribution in [0.15, 0.2) is 77.9 Å². The molecule has 0 unspecified atom stereocenters. The number of pyridine rings is 1. The predicted octanol–water partition coefficient (Wildman–Crippen LogP) is 3.47. The molecule has 0 bridgehead atoms. The molecule has 0 atom stereocenters. The molecule has 0 aliphatic carbocycles. The van der Waals surface area contributed by atoms with Crippen molar-refractivity contribution in [3.63, 3.8) is 0 Å². The van der Waals surface area contributed by atoms with Gasteiger partial charge in [-0.05, 0) is 30.7 Å². The lowest BCUT2D eigenvalue weighted by Crippen LogP contribution is -2.31. The summed E-state index contributed by atoms with van der Waals surface area (Å²) >= 11 is 0. The molecule has 2 heterocycles. The fourth-order valence-electron chi connectivity index (χ4n) is 3.11.